The Bertz CT molecular complexity index is 947. The third-order valence-electron chi connectivity index (χ3n) is 3.45. The molecule has 3 heterocycles. The lowest BCUT2D eigenvalue weighted by Gasteiger charge is -2.06. The summed E-state index contributed by atoms with van der Waals surface area (Å²) in [6.45, 7) is 1.84. The molecule has 0 amide bonds. The van der Waals surface area contributed by atoms with Crippen LogP contribution in [0.15, 0.2) is 65.6 Å². The van der Waals surface area contributed by atoms with Crippen LogP contribution in [0.2, 0.25) is 0 Å². The number of hydrogen-bond donors (Lipinski definition) is 0. The molecule has 23 heavy (non-hydrogen) atoms. The maximum atomic E-state index is 6.06. The summed E-state index contributed by atoms with van der Waals surface area (Å²) in [5.74, 6) is 2.65. The van der Waals surface area contributed by atoms with Crippen LogP contribution >= 0.6 is 0 Å². The summed E-state index contributed by atoms with van der Waals surface area (Å²) in [5.41, 5.74) is 1.47. The van der Waals surface area contributed by atoms with Crippen molar-refractivity contribution in [1.29, 1.82) is 0 Å². The van der Waals surface area contributed by atoms with E-state index >= 15 is 0 Å². The number of fused-ring (bicyclic) bond motifs is 1. The maximum absolute atomic E-state index is 6.06. The van der Waals surface area contributed by atoms with E-state index in [-0.39, 0.29) is 0 Å². The lowest BCUT2D eigenvalue weighted by molar-refractivity contribution is 0.477. The highest BCUT2D eigenvalue weighted by Gasteiger charge is 2.19. The van der Waals surface area contributed by atoms with Crippen LogP contribution in [0.1, 0.15) is 5.82 Å². The summed E-state index contributed by atoms with van der Waals surface area (Å²) in [7, 11) is 0. The van der Waals surface area contributed by atoms with Crippen molar-refractivity contribution in [3.05, 3.63) is 67.0 Å². The largest absolute Gasteiger partial charge is 0.453 e. The zero-order chi connectivity index (χ0) is 15.6. The molecule has 0 spiro atoms. The SMILES string of the molecule is Cc1ncc(-c2oc3ccncc3c2Oc2ccccc2)cn1. The van der Waals surface area contributed by atoms with Gasteiger partial charge in [-0.1, -0.05) is 18.2 Å². The fourth-order valence-electron chi connectivity index (χ4n) is 2.33. The normalized spacial score (nSPS) is 10.8. The molecule has 0 radical (unpaired) electrons. The van der Waals surface area contributed by atoms with Crippen molar-refractivity contribution >= 4 is 11.0 Å². The van der Waals surface area contributed by atoms with Crippen LogP contribution in [0.4, 0.5) is 0 Å². The Labute approximate surface area is 132 Å². The van der Waals surface area contributed by atoms with Crippen molar-refractivity contribution in [1.82, 2.24) is 15.0 Å². The van der Waals surface area contributed by atoms with Gasteiger partial charge in [-0.25, -0.2) is 9.97 Å². The van der Waals surface area contributed by atoms with E-state index in [4.69, 9.17) is 9.15 Å². The number of furan rings is 1. The molecular formula is C18H13N3O2. The van der Waals surface area contributed by atoms with Crippen LogP contribution < -0.4 is 4.74 Å². The van der Waals surface area contributed by atoms with E-state index in [2.05, 4.69) is 15.0 Å². The van der Waals surface area contributed by atoms with Crippen LogP contribution in [0.25, 0.3) is 22.3 Å². The molecule has 1 aromatic carbocycles. The summed E-state index contributed by atoms with van der Waals surface area (Å²) >= 11 is 0. The quantitative estimate of drug-likeness (QED) is 0.562. The lowest BCUT2D eigenvalue weighted by atomic mass is 10.2. The Balaban J connectivity index is 1.89. The van der Waals surface area contributed by atoms with Crippen molar-refractivity contribution in [2.24, 2.45) is 0 Å². The minimum Gasteiger partial charge on any atom is -0.453 e. The highest BCUT2D eigenvalue weighted by Crippen LogP contribution is 2.41. The highest BCUT2D eigenvalue weighted by molar-refractivity contribution is 5.91. The summed E-state index contributed by atoms with van der Waals surface area (Å²) in [6.07, 6.45) is 6.87. The number of hydrogen-bond acceptors (Lipinski definition) is 5. The Kier molecular flexibility index (Phi) is 3.24. The molecule has 4 rings (SSSR count). The summed E-state index contributed by atoms with van der Waals surface area (Å²) in [4.78, 5) is 12.6. The number of aromatic nitrogens is 3. The van der Waals surface area contributed by atoms with Gasteiger partial charge in [0, 0.05) is 24.8 Å². The number of para-hydroxylation sites is 1. The molecule has 0 saturated heterocycles. The minimum absolute atomic E-state index is 0.594. The molecule has 0 bridgehead atoms. The van der Waals surface area contributed by atoms with Crippen molar-refractivity contribution in [3.63, 3.8) is 0 Å². The van der Waals surface area contributed by atoms with E-state index in [1.807, 2.05) is 43.3 Å². The molecule has 0 atom stereocenters. The molecule has 0 aliphatic heterocycles. The fourth-order valence-corrected chi connectivity index (χ4v) is 2.33. The van der Waals surface area contributed by atoms with Crippen LogP contribution in [0.5, 0.6) is 11.5 Å². The molecule has 112 valence electrons. The van der Waals surface area contributed by atoms with Gasteiger partial charge >= 0.3 is 0 Å². The van der Waals surface area contributed by atoms with Crippen molar-refractivity contribution in [2.75, 3.05) is 0 Å². The van der Waals surface area contributed by atoms with Gasteiger partial charge in [0.25, 0.3) is 0 Å². The minimum atomic E-state index is 0.594. The summed E-state index contributed by atoms with van der Waals surface area (Å²) < 4.78 is 12.0. The van der Waals surface area contributed by atoms with Crippen LogP contribution in [0.3, 0.4) is 0 Å². The Morgan fingerprint density at radius 2 is 1.74 bits per heavy atom. The zero-order valence-electron chi connectivity index (χ0n) is 12.4. The Morgan fingerprint density at radius 3 is 2.52 bits per heavy atom. The summed E-state index contributed by atoms with van der Waals surface area (Å²) in [5, 5.41) is 0.812. The first kappa shape index (κ1) is 13.5. The van der Waals surface area contributed by atoms with Gasteiger partial charge in [0.05, 0.1) is 10.9 Å². The van der Waals surface area contributed by atoms with Crippen LogP contribution in [0, 0.1) is 6.92 Å². The molecule has 0 aliphatic rings. The van der Waals surface area contributed by atoms with E-state index in [9.17, 15) is 0 Å². The average molecular weight is 303 g/mol. The molecular weight excluding hydrogens is 290 g/mol. The van der Waals surface area contributed by atoms with E-state index < -0.39 is 0 Å². The average Bonchev–Trinajstić information content (AvgIpc) is 2.95. The zero-order valence-corrected chi connectivity index (χ0v) is 12.4. The van der Waals surface area contributed by atoms with E-state index in [0.29, 0.717) is 22.9 Å². The van der Waals surface area contributed by atoms with Crippen molar-refractivity contribution in [3.8, 4) is 22.8 Å². The summed E-state index contributed by atoms with van der Waals surface area (Å²) in [6, 6.07) is 11.4. The second-order valence-electron chi connectivity index (χ2n) is 5.07. The van der Waals surface area contributed by atoms with Gasteiger partial charge in [-0.3, -0.25) is 4.98 Å². The number of aryl methyl sites for hydroxylation is 1. The molecule has 0 unspecified atom stereocenters. The third-order valence-corrected chi connectivity index (χ3v) is 3.45. The first-order valence-electron chi connectivity index (χ1n) is 7.20. The molecule has 4 aromatic rings. The van der Waals surface area contributed by atoms with Gasteiger partial charge in [-0.05, 0) is 25.1 Å². The van der Waals surface area contributed by atoms with E-state index in [1.54, 1.807) is 24.8 Å². The molecule has 3 aromatic heterocycles. The van der Waals surface area contributed by atoms with Crippen molar-refractivity contribution < 1.29 is 9.15 Å². The van der Waals surface area contributed by atoms with Gasteiger partial charge in [0.2, 0.25) is 0 Å². The fraction of sp³-hybridized carbons (Fsp3) is 0.0556. The maximum Gasteiger partial charge on any atom is 0.183 e. The number of nitrogens with zero attached hydrogens (tertiary/aromatic N) is 3. The second kappa shape index (κ2) is 5.53. The van der Waals surface area contributed by atoms with E-state index in [1.165, 1.54) is 0 Å². The molecule has 0 aliphatic carbocycles. The first-order chi connectivity index (χ1) is 11.3. The van der Waals surface area contributed by atoms with Gasteiger partial charge in [-0.15, -0.1) is 0 Å². The van der Waals surface area contributed by atoms with Gasteiger partial charge < -0.3 is 9.15 Å². The third kappa shape index (κ3) is 2.53. The number of rotatable bonds is 3. The number of benzene rings is 1. The lowest BCUT2D eigenvalue weighted by Crippen LogP contribution is -1.89. The topological polar surface area (TPSA) is 61.0 Å². The number of ether oxygens (including phenoxy) is 1. The van der Waals surface area contributed by atoms with Gasteiger partial charge in [-0.2, -0.15) is 0 Å². The smallest absolute Gasteiger partial charge is 0.183 e. The van der Waals surface area contributed by atoms with Crippen molar-refractivity contribution in [2.45, 2.75) is 6.92 Å². The van der Waals surface area contributed by atoms with Gasteiger partial charge in [0.1, 0.15) is 17.2 Å². The molecule has 0 fully saturated rings. The number of pyridine rings is 1. The molecule has 0 saturated carbocycles. The highest BCUT2D eigenvalue weighted by atomic mass is 16.5. The second-order valence-corrected chi connectivity index (χ2v) is 5.07. The monoisotopic (exact) mass is 303 g/mol. The standard InChI is InChI=1S/C18H13N3O2/c1-12-20-9-13(10-21-12)17-18(22-14-5-3-2-4-6-14)15-11-19-8-7-16(15)23-17/h2-11H,1H3. The molecule has 5 nitrogen and oxygen atoms in total. The molecule has 5 heteroatoms. The van der Waals surface area contributed by atoms with Crippen LogP contribution in [-0.2, 0) is 0 Å². The van der Waals surface area contributed by atoms with E-state index in [0.717, 1.165) is 16.7 Å². The first-order valence-corrected chi connectivity index (χ1v) is 7.20. The molecule has 0 N–H and O–H groups in total. The predicted molar refractivity (Wildman–Crippen MR) is 86.3 cm³/mol. The predicted octanol–water partition coefficient (Wildman–Crippen LogP) is 4.39. The van der Waals surface area contributed by atoms with Crippen LogP contribution in [-0.4, -0.2) is 15.0 Å². The Morgan fingerprint density at radius 1 is 0.957 bits per heavy atom. The Hall–Kier alpha value is -3.21. The van der Waals surface area contributed by atoms with Gasteiger partial charge in [0.15, 0.2) is 11.5 Å².